The van der Waals surface area contributed by atoms with Crippen LogP contribution in [0.2, 0.25) is 0 Å². The maximum Gasteiger partial charge on any atom is 0.257 e. The lowest BCUT2D eigenvalue weighted by Gasteiger charge is -2.32. The Morgan fingerprint density at radius 1 is 1.32 bits per heavy atom. The lowest BCUT2D eigenvalue weighted by atomic mass is 10.0. The van der Waals surface area contributed by atoms with E-state index in [-0.39, 0.29) is 17.9 Å². The number of aromatic nitrogens is 1. The van der Waals surface area contributed by atoms with Crippen molar-refractivity contribution in [3.8, 4) is 0 Å². The molecule has 0 aliphatic carbocycles. The predicted molar refractivity (Wildman–Crippen MR) is 82.5 cm³/mol. The van der Waals surface area contributed by atoms with E-state index in [0.717, 1.165) is 12.8 Å². The van der Waals surface area contributed by atoms with Gasteiger partial charge in [-0.1, -0.05) is 19.0 Å². The summed E-state index contributed by atoms with van der Waals surface area (Å²) in [6.45, 7) is 9.01. The van der Waals surface area contributed by atoms with E-state index in [9.17, 15) is 9.59 Å². The van der Waals surface area contributed by atoms with E-state index in [1.54, 1.807) is 13.8 Å². The van der Waals surface area contributed by atoms with E-state index in [1.165, 1.54) is 0 Å². The van der Waals surface area contributed by atoms with Gasteiger partial charge in [-0.25, -0.2) is 0 Å². The van der Waals surface area contributed by atoms with Crippen molar-refractivity contribution >= 4 is 11.8 Å². The first-order valence-corrected chi connectivity index (χ1v) is 7.90. The van der Waals surface area contributed by atoms with Gasteiger partial charge in [-0.3, -0.25) is 9.59 Å². The molecule has 1 aromatic rings. The van der Waals surface area contributed by atoms with Gasteiger partial charge in [0.2, 0.25) is 5.91 Å². The van der Waals surface area contributed by atoms with Crippen LogP contribution in [-0.4, -0.2) is 41.0 Å². The molecule has 122 valence electrons. The quantitative estimate of drug-likeness (QED) is 0.924. The third kappa shape index (κ3) is 3.87. The van der Waals surface area contributed by atoms with E-state index in [4.69, 9.17) is 4.52 Å². The van der Waals surface area contributed by atoms with Crippen LogP contribution in [0.15, 0.2) is 4.52 Å². The summed E-state index contributed by atoms with van der Waals surface area (Å²) in [6, 6.07) is 0.101. The van der Waals surface area contributed by atoms with Gasteiger partial charge in [0.25, 0.3) is 5.91 Å². The van der Waals surface area contributed by atoms with E-state index in [1.807, 2.05) is 4.90 Å². The fourth-order valence-corrected chi connectivity index (χ4v) is 2.82. The summed E-state index contributed by atoms with van der Waals surface area (Å²) in [5.41, 5.74) is 1.14. The molecule has 6 heteroatoms. The number of hydrogen-bond acceptors (Lipinski definition) is 4. The number of hydrogen-bond donors (Lipinski definition) is 1. The van der Waals surface area contributed by atoms with Crippen molar-refractivity contribution in [1.82, 2.24) is 15.4 Å². The smallest absolute Gasteiger partial charge is 0.257 e. The lowest BCUT2D eigenvalue weighted by Crippen LogP contribution is -2.46. The number of nitrogens with one attached hydrogen (secondary N) is 1. The number of rotatable bonds is 4. The first kappa shape index (κ1) is 16.5. The minimum absolute atomic E-state index is 0.101. The minimum Gasteiger partial charge on any atom is -0.361 e. The number of piperidine rings is 1. The Hall–Kier alpha value is -1.85. The van der Waals surface area contributed by atoms with Crippen LogP contribution in [0.25, 0.3) is 0 Å². The van der Waals surface area contributed by atoms with Crippen molar-refractivity contribution in [1.29, 1.82) is 0 Å². The fourth-order valence-electron chi connectivity index (χ4n) is 2.82. The van der Waals surface area contributed by atoms with Gasteiger partial charge in [0.05, 0.1) is 5.69 Å². The summed E-state index contributed by atoms with van der Waals surface area (Å²) >= 11 is 0. The molecule has 1 aliphatic rings. The number of carbonyl (C=O) groups is 2. The Kier molecular flexibility index (Phi) is 5.21. The van der Waals surface area contributed by atoms with Crippen LogP contribution in [0, 0.1) is 19.8 Å². The number of amides is 2. The summed E-state index contributed by atoms with van der Waals surface area (Å²) in [7, 11) is 0. The molecule has 0 atom stereocenters. The van der Waals surface area contributed by atoms with Gasteiger partial charge in [0.15, 0.2) is 0 Å². The first-order valence-electron chi connectivity index (χ1n) is 7.90. The summed E-state index contributed by atoms with van der Waals surface area (Å²) in [5, 5.41) is 6.83. The third-order valence-corrected chi connectivity index (χ3v) is 4.03. The Bertz CT molecular complexity index is 523. The van der Waals surface area contributed by atoms with E-state index in [2.05, 4.69) is 24.3 Å². The monoisotopic (exact) mass is 307 g/mol. The number of likely N-dealkylation sites (tertiary alicyclic amines) is 1. The molecule has 2 rings (SSSR count). The highest BCUT2D eigenvalue weighted by Crippen LogP contribution is 2.16. The SMILES string of the molecule is Cc1noc(C)c1C(=O)NC1CCN(C(=O)CC(C)C)CC1. The van der Waals surface area contributed by atoms with Crippen LogP contribution in [0.1, 0.15) is 54.9 Å². The maximum absolute atomic E-state index is 12.3. The van der Waals surface area contributed by atoms with Crippen molar-refractivity contribution in [3.05, 3.63) is 17.0 Å². The number of nitrogens with zero attached hydrogens (tertiary/aromatic N) is 2. The van der Waals surface area contributed by atoms with Crippen molar-refractivity contribution in [2.24, 2.45) is 5.92 Å². The molecule has 1 saturated heterocycles. The van der Waals surface area contributed by atoms with Crippen molar-refractivity contribution in [2.75, 3.05) is 13.1 Å². The summed E-state index contributed by atoms with van der Waals surface area (Å²) < 4.78 is 5.03. The molecule has 0 bridgehead atoms. The molecule has 1 N–H and O–H groups in total. The lowest BCUT2D eigenvalue weighted by molar-refractivity contribution is -0.133. The Morgan fingerprint density at radius 3 is 2.45 bits per heavy atom. The van der Waals surface area contributed by atoms with Crippen LogP contribution in [0.4, 0.5) is 0 Å². The maximum atomic E-state index is 12.3. The number of aryl methyl sites for hydroxylation is 2. The van der Waals surface area contributed by atoms with Gasteiger partial charge in [0, 0.05) is 25.6 Å². The molecule has 0 aromatic carbocycles. The zero-order valence-electron chi connectivity index (χ0n) is 13.8. The topological polar surface area (TPSA) is 75.4 Å². The summed E-state index contributed by atoms with van der Waals surface area (Å²) in [6.07, 6.45) is 2.17. The van der Waals surface area contributed by atoms with Gasteiger partial charge >= 0.3 is 0 Å². The van der Waals surface area contributed by atoms with Crippen LogP contribution < -0.4 is 5.32 Å². The normalized spacial score (nSPS) is 16.1. The second-order valence-electron chi connectivity index (χ2n) is 6.43. The second-order valence-corrected chi connectivity index (χ2v) is 6.43. The molecule has 0 radical (unpaired) electrons. The standard InChI is InChI=1S/C16H25N3O3/c1-10(2)9-14(20)19-7-5-13(6-8-19)17-16(21)15-11(3)18-22-12(15)4/h10,13H,5-9H2,1-4H3,(H,17,21). The molecule has 2 amide bonds. The van der Waals surface area contributed by atoms with Gasteiger partial charge in [-0.2, -0.15) is 0 Å². The highest BCUT2D eigenvalue weighted by Gasteiger charge is 2.26. The van der Waals surface area contributed by atoms with Crippen LogP contribution in [0.5, 0.6) is 0 Å². The summed E-state index contributed by atoms with van der Waals surface area (Å²) in [4.78, 5) is 26.2. The highest BCUT2D eigenvalue weighted by atomic mass is 16.5. The van der Waals surface area contributed by atoms with Crippen LogP contribution >= 0.6 is 0 Å². The van der Waals surface area contributed by atoms with E-state index < -0.39 is 0 Å². The molecule has 0 spiro atoms. The molecule has 0 unspecified atom stereocenters. The van der Waals surface area contributed by atoms with Crippen LogP contribution in [-0.2, 0) is 4.79 Å². The zero-order valence-corrected chi connectivity index (χ0v) is 13.8. The van der Waals surface area contributed by atoms with Gasteiger partial charge in [-0.15, -0.1) is 0 Å². The average molecular weight is 307 g/mol. The molecule has 6 nitrogen and oxygen atoms in total. The minimum atomic E-state index is -0.136. The van der Waals surface area contributed by atoms with Gasteiger partial charge < -0.3 is 14.7 Å². The molecule has 1 aliphatic heterocycles. The summed E-state index contributed by atoms with van der Waals surface area (Å²) in [5.74, 6) is 0.998. The van der Waals surface area contributed by atoms with Crippen molar-refractivity contribution < 1.29 is 14.1 Å². The first-order chi connectivity index (χ1) is 10.4. The highest BCUT2D eigenvalue weighted by molar-refractivity contribution is 5.96. The number of carbonyl (C=O) groups excluding carboxylic acids is 2. The molecule has 2 heterocycles. The van der Waals surface area contributed by atoms with Gasteiger partial charge in [0.1, 0.15) is 11.3 Å². The zero-order chi connectivity index (χ0) is 16.3. The Morgan fingerprint density at radius 2 is 1.95 bits per heavy atom. The van der Waals surface area contributed by atoms with Crippen LogP contribution in [0.3, 0.4) is 0 Å². The average Bonchev–Trinajstić information content (AvgIpc) is 2.78. The van der Waals surface area contributed by atoms with Crippen molar-refractivity contribution in [3.63, 3.8) is 0 Å². The van der Waals surface area contributed by atoms with Crippen molar-refractivity contribution in [2.45, 2.75) is 53.0 Å². The molecule has 0 saturated carbocycles. The molecular formula is C16H25N3O3. The molecule has 1 aromatic heterocycles. The Balaban J connectivity index is 1.85. The second kappa shape index (κ2) is 6.94. The van der Waals surface area contributed by atoms with E-state index >= 15 is 0 Å². The molecular weight excluding hydrogens is 282 g/mol. The largest absolute Gasteiger partial charge is 0.361 e. The molecule has 1 fully saturated rings. The predicted octanol–water partition coefficient (Wildman–Crippen LogP) is 2.06. The van der Waals surface area contributed by atoms with Gasteiger partial charge in [-0.05, 0) is 32.6 Å². The fraction of sp³-hybridized carbons (Fsp3) is 0.688. The molecule has 22 heavy (non-hydrogen) atoms. The third-order valence-electron chi connectivity index (χ3n) is 4.03. The van der Waals surface area contributed by atoms with E-state index in [0.29, 0.717) is 42.4 Å². The Labute approximate surface area is 131 Å².